The van der Waals surface area contributed by atoms with Gasteiger partial charge in [-0.1, -0.05) is 23.2 Å². The summed E-state index contributed by atoms with van der Waals surface area (Å²) in [4.78, 5) is 0. The van der Waals surface area contributed by atoms with Crippen LogP contribution in [0.25, 0.3) is 5.69 Å². The molecule has 0 saturated heterocycles. The SMILES string of the molecule is OC(c1cnn(-c2c(Cl)cc(C(F)(F)F)c(I)c2Cl)c1)C(F)(F)F. The van der Waals surface area contributed by atoms with E-state index in [9.17, 15) is 26.3 Å². The Balaban J connectivity index is 2.55. The zero-order valence-corrected chi connectivity index (χ0v) is 14.7. The number of aliphatic hydroxyl groups is 1. The smallest absolute Gasteiger partial charge is 0.379 e. The molecular formula is C12H5Cl2F6IN2O. The molecule has 0 aliphatic carbocycles. The van der Waals surface area contributed by atoms with Crippen molar-refractivity contribution in [1.82, 2.24) is 9.78 Å². The van der Waals surface area contributed by atoms with Crippen molar-refractivity contribution in [3.63, 3.8) is 0 Å². The molecule has 1 unspecified atom stereocenters. The fraction of sp³-hybridized carbons (Fsp3) is 0.250. The number of alkyl halides is 6. The summed E-state index contributed by atoms with van der Waals surface area (Å²) in [5.41, 5.74) is -1.91. The van der Waals surface area contributed by atoms with Crippen LogP contribution < -0.4 is 0 Å². The maximum absolute atomic E-state index is 12.9. The molecule has 1 heterocycles. The molecule has 24 heavy (non-hydrogen) atoms. The van der Waals surface area contributed by atoms with Crippen LogP contribution in [0.3, 0.4) is 0 Å². The second-order valence-electron chi connectivity index (χ2n) is 4.54. The van der Waals surface area contributed by atoms with Crippen molar-refractivity contribution in [2.24, 2.45) is 0 Å². The summed E-state index contributed by atoms with van der Waals surface area (Å²) in [6, 6.07) is 0.603. The third-order valence-corrected chi connectivity index (χ3v) is 4.99. The molecule has 0 aliphatic rings. The lowest BCUT2D eigenvalue weighted by Gasteiger charge is -2.15. The number of rotatable bonds is 2. The van der Waals surface area contributed by atoms with Crippen molar-refractivity contribution in [1.29, 1.82) is 0 Å². The minimum absolute atomic E-state index is 0.226. The van der Waals surface area contributed by atoms with Crippen LogP contribution >= 0.6 is 45.8 Å². The molecule has 0 spiro atoms. The zero-order valence-electron chi connectivity index (χ0n) is 11.1. The van der Waals surface area contributed by atoms with Crippen molar-refractivity contribution in [3.05, 3.63) is 43.2 Å². The lowest BCUT2D eigenvalue weighted by atomic mass is 10.2. The predicted octanol–water partition coefficient (Wildman–Crippen LogP) is 5.40. The summed E-state index contributed by atoms with van der Waals surface area (Å²) in [5, 5.41) is 11.9. The number of halogens is 9. The quantitative estimate of drug-likeness (QED) is 0.338. The van der Waals surface area contributed by atoms with E-state index in [4.69, 9.17) is 28.3 Å². The zero-order chi connectivity index (χ0) is 18.4. The van der Waals surface area contributed by atoms with E-state index in [2.05, 4.69) is 5.10 Å². The van der Waals surface area contributed by atoms with Crippen LogP contribution in [0.2, 0.25) is 10.0 Å². The van der Waals surface area contributed by atoms with Gasteiger partial charge in [0.15, 0.2) is 6.10 Å². The fourth-order valence-corrected chi connectivity index (χ4v) is 3.14. The molecule has 3 nitrogen and oxygen atoms in total. The van der Waals surface area contributed by atoms with Crippen molar-refractivity contribution in [2.75, 3.05) is 0 Å². The van der Waals surface area contributed by atoms with Gasteiger partial charge < -0.3 is 5.11 Å². The Bertz CT molecular complexity index is 774. The second kappa shape index (κ2) is 6.54. The van der Waals surface area contributed by atoms with Crippen molar-refractivity contribution < 1.29 is 31.4 Å². The van der Waals surface area contributed by atoms with E-state index in [0.717, 1.165) is 17.1 Å². The van der Waals surface area contributed by atoms with Crippen LogP contribution in [0, 0.1) is 3.57 Å². The first-order valence-corrected chi connectivity index (χ1v) is 7.72. The van der Waals surface area contributed by atoms with E-state index in [0.29, 0.717) is 6.07 Å². The third kappa shape index (κ3) is 3.75. The van der Waals surface area contributed by atoms with Gasteiger partial charge >= 0.3 is 12.4 Å². The summed E-state index contributed by atoms with van der Waals surface area (Å²) in [7, 11) is 0. The van der Waals surface area contributed by atoms with Crippen LogP contribution in [0.5, 0.6) is 0 Å². The van der Waals surface area contributed by atoms with E-state index in [1.807, 2.05) is 0 Å². The average molecular weight is 505 g/mol. The van der Waals surface area contributed by atoms with E-state index in [1.165, 1.54) is 22.6 Å². The number of aliphatic hydroxyl groups excluding tert-OH is 1. The van der Waals surface area contributed by atoms with Gasteiger partial charge in [-0.2, -0.15) is 31.4 Å². The Morgan fingerprint density at radius 1 is 1.17 bits per heavy atom. The number of hydrogen-bond acceptors (Lipinski definition) is 2. The minimum Gasteiger partial charge on any atom is -0.379 e. The summed E-state index contributed by atoms with van der Waals surface area (Å²) < 4.78 is 76.5. The Morgan fingerprint density at radius 3 is 2.25 bits per heavy atom. The van der Waals surface area contributed by atoms with Gasteiger partial charge in [0.1, 0.15) is 5.69 Å². The van der Waals surface area contributed by atoms with Crippen molar-refractivity contribution in [2.45, 2.75) is 18.5 Å². The molecule has 2 rings (SSSR count). The number of aromatic nitrogens is 2. The van der Waals surface area contributed by atoms with Gasteiger partial charge in [0.25, 0.3) is 0 Å². The lowest BCUT2D eigenvalue weighted by molar-refractivity contribution is -0.206. The first-order chi connectivity index (χ1) is 10.8. The van der Waals surface area contributed by atoms with E-state index in [1.54, 1.807) is 0 Å². The molecule has 2 aromatic rings. The molecule has 0 radical (unpaired) electrons. The number of hydrogen-bond donors (Lipinski definition) is 1. The van der Waals surface area contributed by atoms with Gasteiger partial charge in [-0.3, -0.25) is 0 Å². The van der Waals surface area contributed by atoms with Crippen molar-refractivity contribution in [3.8, 4) is 5.69 Å². The predicted molar refractivity (Wildman–Crippen MR) is 82.3 cm³/mol. The molecule has 0 saturated carbocycles. The Labute approximate surface area is 154 Å². The first-order valence-electron chi connectivity index (χ1n) is 5.88. The molecule has 132 valence electrons. The largest absolute Gasteiger partial charge is 0.418 e. The van der Waals surface area contributed by atoms with Gasteiger partial charge in [0.05, 0.1) is 21.8 Å². The number of nitrogens with zero attached hydrogens (tertiary/aromatic N) is 2. The molecule has 0 bridgehead atoms. The van der Waals surface area contributed by atoms with Crippen molar-refractivity contribution >= 4 is 45.8 Å². The Kier molecular flexibility index (Phi) is 5.34. The van der Waals surface area contributed by atoms with Gasteiger partial charge in [0, 0.05) is 15.3 Å². The molecule has 12 heteroatoms. The molecule has 1 aromatic heterocycles. The highest BCUT2D eigenvalue weighted by Gasteiger charge is 2.40. The van der Waals surface area contributed by atoms with Gasteiger partial charge in [-0.15, -0.1) is 0 Å². The summed E-state index contributed by atoms with van der Waals surface area (Å²) >= 11 is 13.0. The third-order valence-electron chi connectivity index (χ3n) is 2.90. The Hall–Kier alpha value is -0.720. The summed E-state index contributed by atoms with van der Waals surface area (Å²) in [6.07, 6.45) is -10.9. The summed E-state index contributed by atoms with van der Waals surface area (Å²) in [6.45, 7) is 0. The average Bonchev–Trinajstić information content (AvgIpc) is 2.89. The highest BCUT2D eigenvalue weighted by molar-refractivity contribution is 14.1. The van der Waals surface area contributed by atoms with E-state index < -0.39 is 39.6 Å². The van der Waals surface area contributed by atoms with Crippen LogP contribution in [-0.2, 0) is 6.18 Å². The van der Waals surface area contributed by atoms with Crippen LogP contribution in [0.15, 0.2) is 18.5 Å². The topological polar surface area (TPSA) is 38.1 Å². The Morgan fingerprint density at radius 2 is 1.75 bits per heavy atom. The fourth-order valence-electron chi connectivity index (χ4n) is 1.79. The number of benzene rings is 1. The van der Waals surface area contributed by atoms with Gasteiger partial charge in [0.2, 0.25) is 0 Å². The molecule has 0 aliphatic heterocycles. The normalized spacial score (nSPS) is 14.1. The lowest BCUT2D eigenvalue weighted by Crippen LogP contribution is -2.19. The minimum atomic E-state index is -4.92. The van der Waals surface area contributed by atoms with Gasteiger partial charge in [-0.05, 0) is 28.7 Å². The highest BCUT2D eigenvalue weighted by Crippen LogP contribution is 2.42. The molecule has 1 N–H and O–H groups in total. The molecule has 1 atom stereocenters. The molecule has 0 amide bonds. The highest BCUT2D eigenvalue weighted by atomic mass is 127. The van der Waals surface area contributed by atoms with E-state index in [-0.39, 0.29) is 9.26 Å². The van der Waals surface area contributed by atoms with Crippen LogP contribution in [0.4, 0.5) is 26.3 Å². The second-order valence-corrected chi connectivity index (χ2v) is 6.41. The maximum Gasteiger partial charge on any atom is 0.418 e. The molecule has 0 fully saturated rings. The maximum atomic E-state index is 12.9. The summed E-state index contributed by atoms with van der Waals surface area (Å²) in [5.74, 6) is 0. The molecular weight excluding hydrogens is 500 g/mol. The van der Waals surface area contributed by atoms with Crippen LogP contribution in [-0.4, -0.2) is 21.1 Å². The molecule has 1 aromatic carbocycles. The van der Waals surface area contributed by atoms with E-state index >= 15 is 0 Å². The first kappa shape index (κ1) is 19.6. The van der Waals surface area contributed by atoms with Crippen LogP contribution in [0.1, 0.15) is 17.2 Å². The standard InChI is InChI=1S/C12H5Cl2F6IN2O/c13-6-1-5(11(15,16)17)8(21)7(14)9(6)23-3-4(2-22-23)10(24)12(18,19)20/h1-3,10,24H. The monoisotopic (exact) mass is 504 g/mol. The van der Waals surface area contributed by atoms with Gasteiger partial charge in [-0.25, -0.2) is 4.68 Å².